The Labute approximate surface area is 118 Å². The summed E-state index contributed by atoms with van der Waals surface area (Å²) in [5.41, 5.74) is 6.03. The van der Waals surface area contributed by atoms with E-state index in [1.165, 1.54) is 25.3 Å². The molecule has 0 spiro atoms. The van der Waals surface area contributed by atoms with Gasteiger partial charge in [0.15, 0.2) is 0 Å². The van der Waals surface area contributed by atoms with Crippen molar-refractivity contribution < 1.29 is 17.9 Å². The molecule has 0 amide bonds. The van der Waals surface area contributed by atoms with Crippen LogP contribution < -0.4 is 10.5 Å². The third kappa shape index (κ3) is 4.46. The van der Waals surface area contributed by atoms with Gasteiger partial charge >= 0.3 is 5.97 Å². The van der Waals surface area contributed by atoms with Crippen LogP contribution in [0.15, 0.2) is 23.1 Å². The van der Waals surface area contributed by atoms with Crippen molar-refractivity contribution in [1.29, 1.82) is 0 Å². The standard InChI is InChI=1S/C11H16N2O4S.ClH/c1-8-7-9(11(14)17-2)3-4-10(8)18(15,16)13-6-5-12;/h3-4,7,13H,5-6,12H2,1-2H3;1H. The number of nitrogens with one attached hydrogen (secondary N) is 1. The number of rotatable bonds is 5. The van der Waals surface area contributed by atoms with Crippen LogP contribution in [0.25, 0.3) is 0 Å². The molecule has 0 unspecified atom stereocenters. The summed E-state index contributed by atoms with van der Waals surface area (Å²) in [6.45, 7) is 2.00. The highest BCUT2D eigenvalue weighted by atomic mass is 35.5. The molecular weight excluding hydrogens is 292 g/mol. The number of esters is 1. The summed E-state index contributed by atoms with van der Waals surface area (Å²) in [5, 5.41) is 0. The van der Waals surface area contributed by atoms with Crippen LogP contribution in [0.4, 0.5) is 0 Å². The second-order valence-electron chi connectivity index (χ2n) is 3.66. The zero-order valence-electron chi connectivity index (χ0n) is 10.7. The van der Waals surface area contributed by atoms with Gasteiger partial charge in [0.1, 0.15) is 0 Å². The van der Waals surface area contributed by atoms with Gasteiger partial charge in [0.2, 0.25) is 10.0 Å². The highest BCUT2D eigenvalue weighted by molar-refractivity contribution is 7.89. The molecule has 108 valence electrons. The van der Waals surface area contributed by atoms with Crippen molar-refractivity contribution in [1.82, 2.24) is 4.72 Å². The van der Waals surface area contributed by atoms with E-state index >= 15 is 0 Å². The lowest BCUT2D eigenvalue weighted by Crippen LogP contribution is -2.29. The van der Waals surface area contributed by atoms with Gasteiger partial charge in [-0.2, -0.15) is 0 Å². The van der Waals surface area contributed by atoms with E-state index in [1.54, 1.807) is 6.92 Å². The topological polar surface area (TPSA) is 98.5 Å². The normalized spacial score (nSPS) is 10.7. The minimum Gasteiger partial charge on any atom is -0.465 e. The number of aryl methyl sites for hydroxylation is 1. The molecule has 8 heteroatoms. The number of nitrogens with two attached hydrogens (primary N) is 1. The van der Waals surface area contributed by atoms with E-state index in [1.807, 2.05) is 0 Å². The van der Waals surface area contributed by atoms with Gasteiger partial charge in [-0.1, -0.05) is 0 Å². The first-order chi connectivity index (χ1) is 8.42. The van der Waals surface area contributed by atoms with E-state index in [-0.39, 0.29) is 30.4 Å². The maximum Gasteiger partial charge on any atom is 0.337 e. The van der Waals surface area contributed by atoms with Crippen molar-refractivity contribution in [2.75, 3.05) is 20.2 Å². The predicted molar refractivity (Wildman–Crippen MR) is 74.0 cm³/mol. The van der Waals surface area contributed by atoms with Crippen molar-refractivity contribution in [3.8, 4) is 0 Å². The second-order valence-corrected chi connectivity index (χ2v) is 5.39. The SMILES string of the molecule is COC(=O)c1ccc(S(=O)(=O)NCCN)c(C)c1.Cl. The largest absolute Gasteiger partial charge is 0.465 e. The molecule has 1 aromatic carbocycles. The predicted octanol–water partition coefficient (Wildman–Crippen LogP) is 0.440. The van der Waals surface area contributed by atoms with Crippen LogP contribution in [0.3, 0.4) is 0 Å². The van der Waals surface area contributed by atoms with Crippen molar-refractivity contribution in [3.63, 3.8) is 0 Å². The fraction of sp³-hybridized carbons (Fsp3) is 0.364. The molecule has 1 aromatic rings. The average Bonchev–Trinajstić information content (AvgIpc) is 2.35. The van der Waals surface area contributed by atoms with Gasteiger partial charge in [-0.3, -0.25) is 0 Å². The van der Waals surface area contributed by atoms with Crippen LogP contribution in [0, 0.1) is 6.92 Å². The van der Waals surface area contributed by atoms with E-state index < -0.39 is 16.0 Å². The molecule has 1 rings (SSSR count). The van der Waals surface area contributed by atoms with Gasteiger partial charge in [0.25, 0.3) is 0 Å². The molecule has 6 nitrogen and oxygen atoms in total. The molecule has 0 radical (unpaired) electrons. The Hall–Kier alpha value is -1.15. The Kier molecular flexibility index (Phi) is 6.99. The van der Waals surface area contributed by atoms with Crippen molar-refractivity contribution >= 4 is 28.4 Å². The van der Waals surface area contributed by atoms with Gasteiger partial charge < -0.3 is 10.5 Å². The van der Waals surface area contributed by atoms with E-state index in [4.69, 9.17) is 5.73 Å². The zero-order valence-corrected chi connectivity index (χ0v) is 12.3. The Morgan fingerprint density at radius 2 is 2.05 bits per heavy atom. The van der Waals surface area contributed by atoms with Crippen molar-refractivity contribution in [2.24, 2.45) is 5.73 Å². The summed E-state index contributed by atoms with van der Waals surface area (Å²) in [5.74, 6) is -0.503. The van der Waals surface area contributed by atoms with Crippen LogP contribution in [0.1, 0.15) is 15.9 Å². The summed E-state index contributed by atoms with van der Waals surface area (Å²) in [7, 11) is -2.32. The fourth-order valence-electron chi connectivity index (χ4n) is 1.47. The lowest BCUT2D eigenvalue weighted by atomic mass is 10.1. The Morgan fingerprint density at radius 1 is 1.42 bits per heavy atom. The summed E-state index contributed by atoms with van der Waals surface area (Å²) in [6.07, 6.45) is 0. The molecule has 0 heterocycles. The van der Waals surface area contributed by atoms with Crippen molar-refractivity contribution in [3.05, 3.63) is 29.3 Å². The fourth-order valence-corrected chi connectivity index (χ4v) is 2.74. The summed E-state index contributed by atoms with van der Waals surface area (Å²) >= 11 is 0. The zero-order chi connectivity index (χ0) is 13.8. The molecule has 0 saturated carbocycles. The highest BCUT2D eigenvalue weighted by Gasteiger charge is 2.17. The highest BCUT2D eigenvalue weighted by Crippen LogP contribution is 2.17. The molecule has 0 aliphatic carbocycles. The minimum atomic E-state index is -3.58. The maximum atomic E-state index is 11.9. The monoisotopic (exact) mass is 308 g/mol. The first-order valence-corrected chi connectivity index (χ1v) is 6.79. The Balaban J connectivity index is 0.00000324. The van der Waals surface area contributed by atoms with E-state index in [0.717, 1.165) is 0 Å². The quantitative estimate of drug-likeness (QED) is 0.769. The van der Waals surface area contributed by atoms with E-state index in [9.17, 15) is 13.2 Å². The van der Waals surface area contributed by atoms with Crippen LogP contribution in [0.2, 0.25) is 0 Å². The van der Waals surface area contributed by atoms with Gasteiger partial charge in [-0.15, -0.1) is 12.4 Å². The molecule has 0 aliphatic heterocycles. The molecule has 0 atom stereocenters. The van der Waals surface area contributed by atoms with Crippen LogP contribution in [-0.2, 0) is 14.8 Å². The summed E-state index contributed by atoms with van der Waals surface area (Å²) < 4.78 is 30.7. The molecular formula is C11H17ClN2O4S. The number of ether oxygens (including phenoxy) is 1. The second kappa shape index (κ2) is 7.44. The summed E-state index contributed by atoms with van der Waals surface area (Å²) in [4.78, 5) is 11.4. The first kappa shape index (κ1) is 17.8. The number of carbonyl (C=O) groups excluding carboxylic acids is 1. The number of sulfonamides is 1. The molecule has 0 saturated heterocycles. The third-order valence-corrected chi connectivity index (χ3v) is 3.94. The van der Waals surface area contributed by atoms with Crippen LogP contribution >= 0.6 is 12.4 Å². The molecule has 0 fully saturated rings. The Morgan fingerprint density at radius 3 is 2.53 bits per heavy atom. The maximum absolute atomic E-state index is 11.9. The summed E-state index contributed by atoms with van der Waals surface area (Å²) in [6, 6.07) is 4.26. The van der Waals surface area contributed by atoms with Gasteiger partial charge in [0, 0.05) is 13.1 Å². The van der Waals surface area contributed by atoms with Gasteiger partial charge in [0.05, 0.1) is 17.6 Å². The number of hydrogen-bond acceptors (Lipinski definition) is 5. The van der Waals surface area contributed by atoms with E-state index in [0.29, 0.717) is 11.1 Å². The number of methoxy groups -OCH3 is 1. The van der Waals surface area contributed by atoms with Gasteiger partial charge in [-0.25, -0.2) is 17.9 Å². The lowest BCUT2D eigenvalue weighted by Gasteiger charge is -2.09. The minimum absolute atomic E-state index is 0. The molecule has 0 bridgehead atoms. The number of hydrogen-bond donors (Lipinski definition) is 2. The molecule has 0 aliphatic rings. The lowest BCUT2D eigenvalue weighted by molar-refractivity contribution is 0.0600. The average molecular weight is 309 g/mol. The number of halogens is 1. The number of benzene rings is 1. The van der Waals surface area contributed by atoms with Gasteiger partial charge in [-0.05, 0) is 30.7 Å². The first-order valence-electron chi connectivity index (χ1n) is 5.31. The smallest absolute Gasteiger partial charge is 0.337 e. The molecule has 19 heavy (non-hydrogen) atoms. The third-order valence-electron chi connectivity index (χ3n) is 2.32. The van der Waals surface area contributed by atoms with Crippen molar-refractivity contribution in [2.45, 2.75) is 11.8 Å². The number of carbonyl (C=O) groups is 1. The van der Waals surface area contributed by atoms with Crippen LogP contribution in [-0.4, -0.2) is 34.6 Å². The Bertz CT molecular complexity index is 546. The molecule has 0 aromatic heterocycles. The molecule has 3 N–H and O–H groups in total. The van der Waals surface area contributed by atoms with E-state index in [2.05, 4.69) is 9.46 Å². The van der Waals surface area contributed by atoms with Crippen LogP contribution in [0.5, 0.6) is 0 Å².